The van der Waals surface area contributed by atoms with Gasteiger partial charge >= 0.3 is 0 Å². The normalized spacial score (nSPS) is 14.4. The fourth-order valence-electron chi connectivity index (χ4n) is 2.09. The van der Waals surface area contributed by atoms with E-state index in [4.69, 9.17) is 9.47 Å². The van der Waals surface area contributed by atoms with E-state index in [1.165, 1.54) is 0 Å². The van der Waals surface area contributed by atoms with Crippen LogP contribution in [0.5, 0.6) is 0 Å². The van der Waals surface area contributed by atoms with E-state index in [0.29, 0.717) is 13.2 Å². The Morgan fingerprint density at radius 1 is 1.21 bits per heavy atom. The molecule has 0 saturated carbocycles. The van der Waals surface area contributed by atoms with Gasteiger partial charge in [0.25, 0.3) is 0 Å². The summed E-state index contributed by atoms with van der Waals surface area (Å²) in [5.74, 6) is -0.158. The molecule has 0 heterocycles. The number of nitrogens with one attached hydrogen (secondary N) is 1. The zero-order valence-corrected chi connectivity index (χ0v) is 15.8. The first-order valence-electron chi connectivity index (χ1n) is 7.78. The molecule has 0 spiro atoms. The number of methoxy groups -OCH3 is 2. The van der Waals surface area contributed by atoms with Crippen molar-refractivity contribution in [1.29, 1.82) is 0 Å². The first-order valence-corrected chi connectivity index (χ1v) is 9.33. The Labute approximate surface area is 144 Å². The Morgan fingerprint density at radius 3 is 2.25 bits per heavy atom. The maximum Gasteiger partial charge on any atom is 0.224 e. The SMILES string of the molecule is COC[C@](C)(CNC(=O)Cc1ccc(S(=O)(=O)C(C)C)cc1)OC. The number of benzene rings is 1. The van der Waals surface area contributed by atoms with Gasteiger partial charge in [-0.15, -0.1) is 0 Å². The minimum atomic E-state index is -3.29. The van der Waals surface area contributed by atoms with Crippen LogP contribution in [-0.2, 0) is 30.5 Å². The van der Waals surface area contributed by atoms with Gasteiger partial charge in [0, 0.05) is 20.8 Å². The monoisotopic (exact) mass is 357 g/mol. The second-order valence-electron chi connectivity index (χ2n) is 6.28. The molecular weight excluding hydrogens is 330 g/mol. The van der Waals surface area contributed by atoms with E-state index in [1.54, 1.807) is 52.3 Å². The van der Waals surface area contributed by atoms with Gasteiger partial charge in [0.2, 0.25) is 5.91 Å². The third kappa shape index (κ3) is 5.58. The molecule has 1 amide bonds. The Balaban J connectivity index is 2.66. The first-order chi connectivity index (χ1) is 11.1. The summed E-state index contributed by atoms with van der Waals surface area (Å²) in [6, 6.07) is 6.42. The third-order valence-electron chi connectivity index (χ3n) is 3.84. The molecule has 1 rings (SSSR count). The lowest BCUT2D eigenvalue weighted by atomic mass is 10.1. The maximum absolute atomic E-state index is 12.1. The second kappa shape index (κ2) is 8.60. The van der Waals surface area contributed by atoms with Crippen LogP contribution in [0.1, 0.15) is 26.3 Å². The molecule has 0 saturated heterocycles. The lowest BCUT2D eigenvalue weighted by Crippen LogP contribution is -2.45. The molecule has 0 bridgehead atoms. The highest BCUT2D eigenvalue weighted by atomic mass is 32.2. The average Bonchev–Trinajstić information content (AvgIpc) is 2.53. The molecular formula is C17H27NO5S. The number of carbonyl (C=O) groups excluding carboxylic acids is 1. The van der Waals surface area contributed by atoms with Crippen molar-refractivity contribution in [2.45, 2.75) is 42.9 Å². The molecule has 0 fully saturated rings. The summed E-state index contributed by atoms with van der Waals surface area (Å²) < 4.78 is 34.6. The summed E-state index contributed by atoms with van der Waals surface area (Å²) in [6.07, 6.45) is 0.175. The molecule has 7 heteroatoms. The van der Waals surface area contributed by atoms with Gasteiger partial charge in [0.15, 0.2) is 9.84 Å². The van der Waals surface area contributed by atoms with E-state index >= 15 is 0 Å². The van der Waals surface area contributed by atoms with Crippen molar-refractivity contribution in [3.8, 4) is 0 Å². The van der Waals surface area contributed by atoms with Crippen LogP contribution in [0.3, 0.4) is 0 Å². The minimum Gasteiger partial charge on any atom is -0.382 e. The van der Waals surface area contributed by atoms with Crippen molar-refractivity contribution >= 4 is 15.7 Å². The van der Waals surface area contributed by atoms with Crippen LogP contribution < -0.4 is 5.32 Å². The van der Waals surface area contributed by atoms with E-state index in [-0.39, 0.29) is 17.2 Å². The summed E-state index contributed by atoms with van der Waals surface area (Å²) >= 11 is 0. The van der Waals surface area contributed by atoms with Gasteiger partial charge in [-0.05, 0) is 38.5 Å². The average molecular weight is 357 g/mol. The number of hydrogen-bond acceptors (Lipinski definition) is 5. The molecule has 0 aromatic heterocycles. The van der Waals surface area contributed by atoms with Crippen LogP contribution in [0.15, 0.2) is 29.2 Å². The summed E-state index contributed by atoms with van der Waals surface area (Å²) in [5, 5.41) is 2.34. The van der Waals surface area contributed by atoms with E-state index in [9.17, 15) is 13.2 Å². The van der Waals surface area contributed by atoms with Crippen molar-refractivity contribution in [2.24, 2.45) is 0 Å². The molecule has 0 aliphatic heterocycles. The van der Waals surface area contributed by atoms with Crippen LogP contribution in [0.25, 0.3) is 0 Å². The number of amides is 1. The molecule has 136 valence electrons. The highest BCUT2D eigenvalue weighted by Crippen LogP contribution is 2.16. The van der Waals surface area contributed by atoms with Gasteiger partial charge < -0.3 is 14.8 Å². The highest BCUT2D eigenvalue weighted by Gasteiger charge is 2.24. The Bertz CT molecular complexity index is 639. The van der Waals surface area contributed by atoms with Gasteiger partial charge in [-0.3, -0.25) is 4.79 Å². The number of hydrogen-bond donors (Lipinski definition) is 1. The molecule has 0 unspecified atom stereocenters. The van der Waals surface area contributed by atoms with Crippen LogP contribution in [0.2, 0.25) is 0 Å². The van der Waals surface area contributed by atoms with Crippen molar-refractivity contribution in [2.75, 3.05) is 27.4 Å². The summed E-state index contributed by atoms with van der Waals surface area (Å²) in [7, 11) is -0.149. The van der Waals surface area contributed by atoms with Gasteiger partial charge in [-0.25, -0.2) is 8.42 Å². The molecule has 0 aliphatic rings. The standard InChI is InChI=1S/C17H27NO5S/c1-13(2)24(20,21)15-8-6-14(7-9-15)10-16(19)18-11-17(3,23-5)12-22-4/h6-9,13H,10-12H2,1-5H3,(H,18,19)/t17-/m0/s1. The van der Waals surface area contributed by atoms with E-state index in [1.807, 2.05) is 6.92 Å². The first kappa shape index (κ1) is 20.6. The smallest absolute Gasteiger partial charge is 0.224 e. The minimum absolute atomic E-state index is 0.158. The van der Waals surface area contributed by atoms with Crippen LogP contribution in [0.4, 0.5) is 0 Å². The van der Waals surface area contributed by atoms with E-state index in [0.717, 1.165) is 5.56 Å². The van der Waals surface area contributed by atoms with Crippen molar-refractivity contribution in [3.05, 3.63) is 29.8 Å². The largest absolute Gasteiger partial charge is 0.382 e. The van der Waals surface area contributed by atoms with Gasteiger partial charge in [0.05, 0.1) is 23.2 Å². The molecule has 1 atom stereocenters. The van der Waals surface area contributed by atoms with E-state index < -0.39 is 20.7 Å². The van der Waals surface area contributed by atoms with E-state index in [2.05, 4.69) is 5.32 Å². The Hall–Kier alpha value is -1.44. The topological polar surface area (TPSA) is 81.7 Å². The number of carbonyl (C=O) groups is 1. The number of sulfone groups is 1. The summed E-state index contributed by atoms with van der Waals surface area (Å²) in [4.78, 5) is 12.3. The second-order valence-corrected chi connectivity index (χ2v) is 8.78. The molecule has 0 radical (unpaired) electrons. The van der Waals surface area contributed by atoms with Gasteiger partial charge in [-0.1, -0.05) is 12.1 Å². The molecule has 1 N–H and O–H groups in total. The molecule has 1 aromatic carbocycles. The zero-order valence-electron chi connectivity index (χ0n) is 15.0. The van der Waals surface area contributed by atoms with Crippen LogP contribution in [0, 0.1) is 0 Å². The predicted molar refractivity (Wildman–Crippen MR) is 92.8 cm³/mol. The fraction of sp³-hybridized carbons (Fsp3) is 0.588. The lowest BCUT2D eigenvalue weighted by Gasteiger charge is -2.27. The Morgan fingerprint density at radius 2 is 1.79 bits per heavy atom. The lowest BCUT2D eigenvalue weighted by molar-refractivity contribution is -0.122. The van der Waals surface area contributed by atoms with Crippen molar-refractivity contribution in [1.82, 2.24) is 5.32 Å². The van der Waals surface area contributed by atoms with Crippen molar-refractivity contribution < 1.29 is 22.7 Å². The number of rotatable bonds is 9. The predicted octanol–water partition coefficient (Wildman–Crippen LogP) is 1.58. The highest BCUT2D eigenvalue weighted by molar-refractivity contribution is 7.92. The molecule has 6 nitrogen and oxygen atoms in total. The third-order valence-corrected chi connectivity index (χ3v) is 6.01. The quantitative estimate of drug-likeness (QED) is 0.726. The zero-order chi connectivity index (χ0) is 18.4. The maximum atomic E-state index is 12.1. The summed E-state index contributed by atoms with van der Waals surface area (Å²) in [5.41, 5.74) is 0.167. The molecule has 24 heavy (non-hydrogen) atoms. The van der Waals surface area contributed by atoms with Crippen LogP contribution in [-0.4, -0.2) is 52.5 Å². The Kier molecular flexibility index (Phi) is 7.38. The fourth-order valence-corrected chi connectivity index (χ4v) is 3.15. The van der Waals surface area contributed by atoms with Crippen LogP contribution >= 0.6 is 0 Å². The molecule has 1 aromatic rings. The number of ether oxygens (including phenoxy) is 2. The summed E-state index contributed by atoms with van der Waals surface area (Å²) in [6.45, 7) is 5.83. The molecule has 0 aliphatic carbocycles. The van der Waals surface area contributed by atoms with Gasteiger partial charge in [0.1, 0.15) is 5.60 Å². The van der Waals surface area contributed by atoms with Crippen molar-refractivity contribution in [3.63, 3.8) is 0 Å². The van der Waals surface area contributed by atoms with Gasteiger partial charge in [-0.2, -0.15) is 0 Å².